The van der Waals surface area contributed by atoms with Crippen molar-refractivity contribution in [3.05, 3.63) is 29.3 Å². The van der Waals surface area contributed by atoms with Gasteiger partial charge in [0, 0.05) is 37.1 Å². The lowest BCUT2D eigenvalue weighted by atomic mass is 9.94. The van der Waals surface area contributed by atoms with Crippen LogP contribution in [-0.2, 0) is 9.59 Å². The standard InChI is InChI=1S/C20H29ClN2O3/c1-5-22(6-2)18(24)15-11-13-23(14-12-15)19(25)20(3,4)26-17-9-7-16(21)8-10-17/h7-10,15H,5-6,11-14H2,1-4H3. The van der Waals surface area contributed by atoms with E-state index in [0.29, 0.717) is 36.7 Å². The molecule has 1 saturated heterocycles. The summed E-state index contributed by atoms with van der Waals surface area (Å²) in [6.07, 6.45) is 1.41. The Labute approximate surface area is 161 Å². The molecule has 1 fully saturated rings. The van der Waals surface area contributed by atoms with E-state index < -0.39 is 5.60 Å². The number of amides is 2. The number of hydrogen-bond donors (Lipinski definition) is 0. The van der Waals surface area contributed by atoms with Crippen LogP contribution in [0.3, 0.4) is 0 Å². The molecule has 1 aromatic carbocycles. The fourth-order valence-electron chi connectivity index (χ4n) is 3.34. The van der Waals surface area contributed by atoms with Gasteiger partial charge in [0.2, 0.25) is 5.91 Å². The van der Waals surface area contributed by atoms with Crippen molar-refractivity contribution in [2.24, 2.45) is 5.92 Å². The van der Waals surface area contributed by atoms with Crippen LogP contribution < -0.4 is 4.74 Å². The van der Waals surface area contributed by atoms with Crippen LogP contribution in [-0.4, -0.2) is 53.4 Å². The molecule has 1 aliphatic rings. The zero-order chi connectivity index (χ0) is 19.3. The number of benzene rings is 1. The minimum absolute atomic E-state index is 0.0132. The van der Waals surface area contributed by atoms with E-state index in [1.807, 2.05) is 23.6 Å². The molecule has 6 heteroatoms. The minimum Gasteiger partial charge on any atom is -0.478 e. The number of piperidine rings is 1. The average Bonchev–Trinajstić information content (AvgIpc) is 2.64. The smallest absolute Gasteiger partial charge is 0.266 e. The Morgan fingerprint density at radius 2 is 1.69 bits per heavy atom. The average molecular weight is 381 g/mol. The van der Waals surface area contributed by atoms with Crippen LogP contribution in [0.5, 0.6) is 5.75 Å². The normalized spacial score (nSPS) is 15.7. The molecular formula is C20H29ClN2O3. The molecule has 0 aliphatic carbocycles. The van der Waals surface area contributed by atoms with Gasteiger partial charge in [0.1, 0.15) is 5.75 Å². The molecule has 26 heavy (non-hydrogen) atoms. The molecular weight excluding hydrogens is 352 g/mol. The quantitative estimate of drug-likeness (QED) is 0.757. The Morgan fingerprint density at radius 3 is 2.19 bits per heavy atom. The second kappa shape index (κ2) is 8.76. The molecule has 0 N–H and O–H groups in total. The van der Waals surface area contributed by atoms with Gasteiger partial charge >= 0.3 is 0 Å². The number of nitrogens with zero attached hydrogens (tertiary/aromatic N) is 2. The third-order valence-corrected chi connectivity index (χ3v) is 5.16. The first-order valence-electron chi connectivity index (χ1n) is 9.31. The summed E-state index contributed by atoms with van der Waals surface area (Å²) in [6.45, 7) is 10.2. The zero-order valence-electron chi connectivity index (χ0n) is 16.1. The lowest BCUT2D eigenvalue weighted by Crippen LogP contribution is -2.52. The number of carbonyl (C=O) groups excluding carboxylic acids is 2. The van der Waals surface area contributed by atoms with E-state index in [2.05, 4.69) is 0 Å². The predicted octanol–water partition coefficient (Wildman–Crippen LogP) is 3.60. The van der Waals surface area contributed by atoms with E-state index in [1.165, 1.54) is 0 Å². The molecule has 144 valence electrons. The Kier molecular flexibility index (Phi) is 6.93. The summed E-state index contributed by atoms with van der Waals surface area (Å²) in [5, 5.41) is 0.626. The predicted molar refractivity (Wildman–Crippen MR) is 103 cm³/mol. The molecule has 5 nitrogen and oxygen atoms in total. The molecule has 1 aromatic rings. The Hall–Kier alpha value is -1.75. The molecule has 1 heterocycles. The van der Waals surface area contributed by atoms with E-state index in [4.69, 9.17) is 16.3 Å². The maximum absolute atomic E-state index is 12.9. The van der Waals surface area contributed by atoms with Crippen molar-refractivity contribution >= 4 is 23.4 Å². The molecule has 2 amide bonds. The van der Waals surface area contributed by atoms with Gasteiger partial charge in [0.25, 0.3) is 5.91 Å². The summed E-state index contributed by atoms with van der Waals surface area (Å²) in [5.74, 6) is 0.776. The Balaban J connectivity index is 1.94. The minimum atomic E-state index is -0.969. The fraction of sp³-hybridized carbons (Fsp3) is 0.600. The molecule has 0 saturated carbocycles. The number of ether oxygens (including phenoxy) is 1. The van der Waals surface area contributed by atoms with Gasteiger partial charge in [-0.15, -0.1) is 0 Å². The number of likely N-dealkylation sites (tertiary alicyclic amines) is 1. The van der Waals surface area contributed by atoms with E-state index in [0.717, 1.165) is 13.1 Å². The highest BCUT2D eigenvalue weighted by Gasteiger charge is 2.37. The van der Waals surface area contributed by atoms with E-state index in [9.17, 15) is 9.59 Å². The molecule has 0 spiro atoms. The number of rotatable bonds is 6. The highest BCUT2D eigenvalue weighted by molar-refractivity contribution is 6.30. The second-order valence-electron chi connectivity index (χ2n) is 7.14. The number of halogens is 1. The molecule has 0 aromatic heterocycles. The van der Waals surface area contributed by atoms with Crippen LogP contribution in [0.25, 0.3) is 0 Å². The topological polar surface area (TPSA) is 49.9 Å². The Morgan fingerprint density at radius 1 is 1.15 bits per heavy atom. The summed E-state index contributed by atoms with van der Waals surface area (Å²) in [4.78, 5) is 29.1. The van der Waals surface area contributed by atoms with Gasteiger partial charge in [-0.1, -0.05) is 11.6 Å². The van der Waals surface area contributed by atoms with Crippen LogP contribution in [0.4, 0.5) is 0 Å². The SMILES string of the molecule is CCN(CC)C(=O)C1CCN(C(=O)C(C)(C)Oc2ccc(Cl)cc2)CC1. The van der Waals surface area contributed by atoms with Crippen LogP contribution in [0.15, 0.2) is 24.3 Å². The maximum atomic E-state index is 12.9. The van der Waals surface area contributed by atoms with Gasteiger partial charge in [-0.2, -0.15) is 0 Å². The van der Waals surface area contributed by atoms with Crippen molar-refractivity contribution in [3.8, 4) is 5.75 Å². The van der Waals surface area contributed by atoms with Gasteiger partial charge in [-0.3, -0.25) is 9.59 Å². The van der Waals surface area contributed by atoms with Crippen molar-refractivity contribution in [2.45, 2.75) is 46.1 Å². The Bertz CT molecular complexity index is 618. The van der Waals surface area contributed by atoms with Crippen LogP contribution >= 0.6 is 11.6 Å². The van der Waals surface area contributed by atoms with Crippen LogP contribution in [0.1, 0.15) is 40.5 Å². The highest BCUT2D eigenvalue weighted by Crippen LogP contribution is 2.25. The highest BCUT2D eigenvalue weighted by atomic mass is 35.5. The van der Waals surface area contributed by atoms with Crippen LogP contribution in [0, 0.1) is 5.92 Å². The molecule has 0 radical (unpaired) electrons. The lowest BCUT2D eigenvalue weighted by molar-refractivity contribution is -0.149. The molecule has 2 rings (SSSR count). The summed E-state index contributed by atoms with van der Waals surface area (Å²) in [7, 11) is 0. The van der Waals surface area contributed by atoms with Crippen molar-refractivity contribution in [3.63, 3.8) is 0 Å². The van der Waals surface area contributed by atoms with E-state index >= 15 is 0 Å². The number of hydrogen-bond acceptors (Lipinski definition) is 3. The second-order valence-corrected chi connectivity index (χ2v) is 7.58. The maximum Gasteiger partial charge on any atom is 0.266 e. The van der Waals surface area contributed by atoms with Gasteiger partial charge < -0.3 is 14.5 Å². The molecule has 0 unspecified atom stereocenters. The molecule has 0 atom stereocenters. The fourth-order valence-corrected chi connectivity index (χ4v) is 3.47. The van der Waals surface area contributed by atoms with Crippen LogP contribution in [0.2, 0.25) is 5.02 Å². The van der Waals surface area contributed by atoms with Gasteiger partial charge in [0.05, 0.1) is 0 Å². The van der Waals surface area contributed by atoms with Crippen molar-refractivity contribution in [1.29, 1.82) is 0 Å². The molecule has 0 bridgehead atoms. The van der Waals surface area contributed by atoms with E-state index in [1.54, 1.807) is 38.1 Å². The first-order valence-corrected chi connectivity index (χ1v) is 9.69. The lowest BCUT2D eigenvalue weighted by Gasteiger charge is -2.37. The van der Waals surface area contributed by atoms with Gasteiger partial charge in [0.15, 0.2) is 5.60 Å². The monoisotopic (exact) mass is 380 g/mol. The third-order valence-electron chi connectivity index (χ3n) is 4.91. The van der Waals surface area contributed by atoms with Crippen molar-refractivity contribution in [2.75, 3.05) is 26.2 Å². The third kappa shape index (κ3) is 4.91. The summed E-state index contributed by atoms with van der Waals surface area (Å²) in [5.41, 5.74) is -0.969. The van der Waals surface area contributed by atoms with Gasteiger partial charge in [-0.25, -0.2) is 0 Å². The first kappa shape index (κ1) is 20.6. The van der Waals surface area contributed by atoms with Crippen molar-refractivity contribution < 1.29 is 14.3 Å². The van der Waals surface area contributed by atoms with E-state index in [-0.39, 0.29) is 17.7 Å². The molecule has 1 aliphatic heterocycles. The first-order chi connectivity index (χ1) is 12.3. The number of carbonyl (C=O) groups is 2. The summed E-state index contributed by atoms with van der Waals surface area (Å²) < 4.78 is 5.89. The summed E-state index contributed by atoms with van der Waals surface area (Å²) >= 11 is 5.89. The van der Waals surface area contributed by atoms with Gasteiger partial charge in [-0.05, 0) is 64.8 Å². The zero-order valence-corrected chi connectivity index (χ0v) is 16.9. The largest absolute Gasteiger partial charge is 0.478 e. The van der Waals surface area contributed by atoms with Crippen molar-refractivity contribution in [1.82, 2.24) is 9.80 Å². The summed E-state index contributed by atoms with van der Waals surface area (Å²) in [6, 6.07) is 6.99.